The summed E-state index contributed by atoms with van der Waals surface area (Å²) in [6, 6.07) is 0.739. The number of nitrogens with two attached hydrogens (primary N) is 1. The van der Waals surface area contributed by atoms with Gasteiger partial charge < -0.3 is 15.6 Å². The number of nitrogens with zero attached hydrogens (tertiary/aromatic N) is 2. The van der Waals surface area contributed by atoms with E-state index in [2.05, 4.69) is 9.97 Å². The number of anilines is 1. The van der Waals surface area contributed by atoms with Crippen LogP contribution in [-0.4, -0.2) is 28.2 Å². The van der Waals surface area contributed by atoms with Crippen molar-refractivity contribution in [1.29, 1.82) is 0 Å². The van der Waals surface area contributed by atoms with Gasteiger partial charge in [0.2, 0.25) is 0 Å². The monoisotopic (exact) mass is 331 g/mol. The van der Waals surface area contributed by atoms with Crippen molar-refractivity contribution in [2.45, 2.75) is 6.43 Å². The van der Waals surface area contributed by atoms with Crippen LogP contribution in [0.25, 0.3) is 11.4 Å². The number of methoxy groups -OCH3 is 1. The molecule has 1 heterocycles. The largest absolute Gasteiger partial charge is 0.491 e. The highest BCUT2D eigenvalue weighted by Crippen LogP contribution is 2.31. The lowest BCUT2D eigenvalue weighted by Gasteiger charge is -2.11. The van der Waals surface area contributed by atoms with Crippen LogP contribution in [0.1, 0.15) is 22.5 Å². The molecule has 2 rings (SSSR count). The van der Waals surface area contributed by atoms with Gasteiger partial charge in [-0.2, -0.15) is 0 Å². The van der Waals surface area contributed by atoms with E-state index < -0.39 is 52.5 Å². The van der Waals surface area contributed by atoms with Crippen molar-refractivity contribution in [2.75, 3.05) is 12.8 Å². The molecule has 0 saturated carbocycles. The molecule has 1 aromatic carbocycles. The molecule has 3 N–H and O–H groups in total. The smallest absolute Gasteiger partial charge is 0.358 e. The van der Waals surface area contributed by atoms with Gasteiger partial charge in [-0.15, -0.1) is 0 Å². The average molecular weight is 331 g/mol. The fraction of sp³-hybridized carbons (Fsp3) is 0.154. The third-order valence-corrected chi connectivity index (χ3v) is 2.86. The van der Waals surface area contributed by atoms with E-state index in [0.29, 0.717) is 12.1 Å². The molecule has 2 aromatic rings. The van der Waals surface area contributed by atoms with Crippen molar-refractivity contribution in [1.82, 2.24) is 9.97 Å². The second-order valence-electron chi connectivity index (χ2n) is 4.27. The molecule has 1 aromatic heterocycles. The van der Waals surface area contributed by atoms with Crippen molar-refractivity contribution in [3.63, 3.8) is 0 Å². The lowest BCUT2D eigenvalue weighted by atomic mass is 10.1. The Bertz CT molecular complexity index is 784. The number of carboxylic acid groups (broad SMARTS) is 1. The molecule has 0 aliphatic heterocycles. The second-order valence-corrected chi connectivity index (χ2v) is 4.27. The lowest BCUT2D eigenvalue weighted by Crippen LogP contribution is -2.10. The van der Waals surface area contributed by atoms with Crippen molar-refractivity contribution < 1.29 is 32.2 Å². The molecule has 23 heavy (non-hydrogen) atoms. The lowest BCUT2D eigenvalue weighted by molar-refractivity contribution is 0.0686. The average Bonchev–Trinajstić information content (AvgIpc) is 2.47. The molecule has 0 unspecified atom stereocenters. The summed E-state index contributed by atoms with van der Waals surface area (Å²) in [4.78, 5) is 18.3. The zero-order valence-corrected chi connectivity index (χ0v) is 11.5. The maximum Gasteiger partial charge on any atom is 0.358 e. The third-order valence-electron chi connectivity index (χ3n) is 2.86. The third kappa shape index (κ3) is 3.00. The summed E-state index contributed by atoms with van der Waals surface area (Å²) >= 11 is 0. The second kappa shape index (κ2) is 6.07. The molecule has 0 aliphatic rings. The van der Waals surface area contributed by atoms with E-state index in [4.69, 9.17) is 15.6 Å². The zero-order chi connectivity index (χ0) is 17.3. The molecule has 0 fully saturated rings. The van der Waals surface area contributed by atoms with Gasteiger partial charge in [-0.25, -0.2) is 32.3 Å². The molecule has 0 bridgehead atoms. The minimum atomic E-state index is -3.21. The quantitative estimate of drug-likeness (QED) is 0.836. The highest BCUT2D eigenvalue weighted by molar-refractivity contribution is 5.91. The van der Waals surface area contributed by atoms with Crippen LogP contribution in [0.3, 0.4) is 0 Å². The van der Waals surface area contributed by atoms with Crippen molar-refractivity contribution in [3.05, 3.63) is 35.0 Å². The van der Waals surface area contributed by atoms with Gasteiger partial charge in [0.15, 0.2) is 23.1 Å². The number of hydrogen-bond acceptors (Lipinski definition) is 5. The predicted molar refractivity (Wildman–Crippen MR) is 70.3 cm³/mol. The van der Waals surface area contributed by atoms with E-state index in [1.54, 1.807) is 0 Å². The van der Waals surface area contributed by atoms with Gasteiger partial charge in [-0.05, 0) is 12.1 Å². The van der Waals surface area contributed by atoms with E-state index in [9.17, 15) is 22.4 Å². The van der Waals surface area contributed by atoms with Crippen LogP contribution in [0.15, 0.2) is 12.1 Å². The molecule has 122 valence electrons. The molecule has 0 spiro atoms. The van der Waals surface area contributed by atoms with E-state index in [1.807, 2.05) is 0 Å². The first kappa shape index (κ1) is 16.5. The summed E-state index contributed by atoms with van der Waals surface area (Å²) in [6.45, 7) is 0. The standard InChI is InChI=1S/C13H9F4N3O3/c1-23-9-8(13(21)22)19-12(20-11(9)18)5-3-6(14)4(10(16)17)2-7(5)15/h2-3,10H,1H3,(H,21,22)(H2,18,19,20). The summed E-state index contributed by atoms with van der Waals surface area (Å²) in [6.07, 6.45) is -3.21. The van der Waals surface area contributed by atoms with Gasteiger partial charge in [0, 0.05) is 0 Å². The molecule has 10 heteroatoms. The summed E-state index contributed by atoms with van der Waals surface area (Å²) in [7, 11) is 1.12. The summed E-state index contributed by atoms with van der Waals surface area (Å²) < 4.78 is 57.3. The number of rotatable bonds is 4. The molecule has 0 atom stereocenters. The Hall–Kier alpha value is -2.91. The van der Waals surface area contributed by atoms with Gasteiger partial charge >= 0.3 is 5.97 Å². The number of benzene rings is 1. The van der Waals surface area contributed by atoms with Crippen LogP contribution in [0, 0.1) is 11.6 Å². The fourth-order valence-electron chi connectivity index (χ4n) is 1.84. The molecule has 0 saturated heterocycles. The van der Waals surface area contributed by atoms with Crippen molar-refractivity contribution >= 4 is 11.8 Å². The van der Waals surface area contributed by atoms with Crippen LogP contribution in [0.4, 0.5) is 23.4 Å². The SMILES string of the molecule is COc1c(N)nc(-c2cc(F)c(C(F)F)cc2F)nc1C(=O)O. The minimum Gasteiger partial charge on any atom is -0.491 e. The van der Waals surface area contributed by atoms with Gasteiger partial charge in [0.1, 0.15) is 11.6 Å². The number of alkyl halides is 2. The minimum absolute atomic E-state index is 0.291. The number of aromatic carboxylic acids is 1. The molecule has 0 aliphatic carbocycles. The van der Waals surface area contributed by atoms with Crippen LogP contribution in [0.5, 0.6) is 5.75 Å². The zero-order valence-electron chi connectivity index (χ0n) is 11.5. The summed E-state index contributed by atoms with van der Waals surface area (Å²) in [5, 5.41) is 9.04. The van der Waals surface area contributed by atoms with Crippen molar-refractivity contribution in [3.8, 4) is 17.1 Å². The number of carboxylic acids is 1. The fourth-order valence-corrected chi connectivity index (χ4v) is 1.84. The highest BCUT2D eigenvalue weighted by atomic mass is 19.3. The summed E-state index contributed by atoms with van der Waals surface area (Å²) in [5.74, 6) is -5.52. The molecule has 6 nitrogen and oxygen atoms in total. The normalized spacial score (nSPS) is 10.9. The number of halogens is 4. The number of nitrogen functional groups attached to an aromatic ring is 1. The molecular weight excluding hydrogens is 322 g/mol. The maximum atomic E-state index is 13.9. The van der Waals surface area contributed by atoms with Crippen molar-refractivity contribution in [2.24, 2.45) is 0 Å². The Kier molecular flexibility index (Phi) is 4.34. The van der Waals surface area contributed by atoms with Gasteiger partial charge in [0.25, 0.3) is 6.43 Å². The van der Waals surface area contributed by atoms with Crippen LogP contribution >= 0.6 is 0 Å². The Morgan fingerprint density at radius 1 is 1.26 bits per heavy atom. The predicted octanol–water partition coefficient (Wildman–Crippen LogP) is 2.65. The maximum absolute atomic E-state index is 13.9. The van der Waals surface area contributed by atoms with E-state index in [1.165, 1.54) is 0 Å². The Labute approximate surface area is 126 Å². The highest BCUT2D eigenvalue weighted by Gasteiger charge is 2.23. The van der Waals surface area contributed by atoms with Gasteiger partial charge in [-0.1, -0.05) is 0 Å². The van der Waals surface area contributed by atoms with Gasteiger partial charge in [-0.3, -0.25) is 0 Å². The van der Waals surface area contributed by atoms with Gasteiger partial charge in [0.05, 0.1) is 18.2 Å². The molecular formula is C13H9F4N3O3. The molecule has 0 radical (unpaired) electrons. The number of carbonyl (C=O) groups is 1. The number of ether oxygens (including phenoxy) is 1. The summed E-state index contributed by atoms with van der Waals surface area (Å²) in [5.41, 5.74) is 3.08. The van der Waals surface area contributed by atoms with Crippen LogP contribution in [-0.2, 0) is 0 Å². The van der Waals surface area contributed by atoms with E-state index >= 15 is 0 Å². The Balaban J connectivity index is 2.68. The Morgan fingerprint density at radius 3 is 2.43 bits per heavy atom. The van der Waals surface area contributed by atoms with E-state index in [-0.39, 0.29) is 5.75 Å². The topological polar surface area (TPSA) is 98.3 Å². The van der Waals surface area contributed by atoms with Crippen LogP contribution in [0.2, 0.25) is 0 Å². The number of hydrogen-bond donors (Lipinski definition) is 2. The first-order valence-electron chi connectivity index (χ1n) is 5.98. The number of aromatic nitrogens is 2. The first-order valence-corrected chi connectivity index (χ1v) is 5.98. The molecule has 0 amide bonds. The van der Waals surface area contributed by atoms with E-state index in [0.717, 1.165) is 7.11 Å². The first-order chi connectivity index (χ1) is 10.8. The van der Waals surface area contributed by atoms with Crippen LogP contribution < -0.4 is 10.5 Å². The Morgan fingerprint density at radius 2 is 1.91 bits per heavy atom.